The van der Waals surface area contributed by atoms with Crippen LogP contribution in [0.15, 0.2) is 59.5 Å². The number of amides is 1. The van der Waals surface area contributed by atoms with E-state index >= 15 is 0 Å². The third-order valence-electron chi connectivity index (χ3n) is 5.67. The Bertz CT molecular complexity index is 1040. The summed E-state index contributed by atoms with van der Waals surface area (Å²) in [6, 6.07) is 14.3. The predicted molar refractivity (Wildman–Crippen MR) is 106 cm³/mol. The first-order valence-corrected chi connectivity index (χ1v) is 10.9. The van der Waals surface area contributed by atoms with Crippen LogP contribution in [0.2, 0.25) is 0 Å². The summed E-state index contributed by atoms with van der Waals surface area (Å²) in [7, 11) is -2.69. The lowest BCUT2D eigenvalue weighted by Crippen LogP contribution is -2.52. The van der Waals surface area contributed by atoms with Crippen LogP contribution in [-0.4, -0.2) is 50.3 Å². The standard InChI is InChI=1S/C21H22N2O5S/c1-28-21(25)16-9-5-6-10-19(16)29(26,27)23-13-14-11-17(18(23)12-14)22-20(24)15-7-3-2-4-8-15/h2-10,14,17-18H,11-13H2,1H3,(H,22,24). The summed E-state index contributed by atoms with van der Waals surface area (Å²) in [6.45, 7) is 0.389. The van der Waals surface area contributed by atoms with E-state index in [0.29, 0.717) is 18.5 Å². The average Bonchev–Trinajstić information content (AvgIpc) is 3.35. The number of fused-ring (bicyclic) bond motifs is 2. The molecular formula is C21H22N2O5S. The zero-order valence-electron chi connectivity index (χ0n) is 15.9. The molecule has 1 heterocycles. The minimum absolute atomic E-state index is 0.0163. The molecule has 8 heteroatoms. The van der Waals surface area contributed by atoms with Crippen LogP contribution < -0.4 is 5.32 Å². The van der Waals surface area contributed by atoms with Crippen molar-refractivity contribution < 1.29 is 22.7 Å². The SMILES string of the molecule is COC(=O)c1ccccc1S(=O)(=O)N1CC2CC(NC(=O)c3ccccc3)C1C2. The molecule has 152 valence electrons. The number of methoxy groups -OCH3 is 1. The Kier molecular flexibility index (Phi) is 5.14. The number of esters is 1. The molecule has 1 amide bonds. The molecule has 0 spiro atoms. The van der Waals surface area contributed by atoms with Crippen LogP contribution in [0.1, 0.15) is 33.6 Å². The van der Waals surface area contributed by atoms with Crippen molar-refractivity contribution in [3.63, 3.8) is 0 Å². The maximum absolute atomic E-state index is 13.4. The number of ether oxygens (including phenoxy) is 1. The second-order valence-electron chi connectivity index (χ2n) is 7.41. The van der Waals surface area contributed by atoms with Gasteiger partial charge in [0.1, 0.15) is 0 Å². The van der Waals surface area contributed by atoms with Gasteiger partial charge in [0.2, 0.25) is 10.0 Å². The highest BCUT2D eigenvalue weighted by Gasteiger charge is 2.50. The molecule has 2 aromatic carbocycles. The average molecular weight is 414 g/mol. The number of hydrogen-bond donors (Lipinski definition) is 1. The Hall–Kier alpha value is -2.71. The molecule has 2 aromatic rings. The fraction of sp³-hybridized carbons (Fsp3) is 0.333. The van der Waals surface area contributed by atoms with Crippen molar-refractivity contribution in [2.75, 3.05) is 13.7 Å². The number of sulfonamides is 1. The zero-order chi connectivity index (χ0) is 20.6. The highest BCUT2D eigenvalue weighted by molar-refractivity contribution is 7.89. The topological polar surface area (TPSA) is 92.8 Å². The van der Waals surface area contributed by atoms with E-state index in [9.17, 15) is 18.0 Å². The van der Waals surface area contributed by atoms with Gasteiger partial charge in [-0.2, -0.15) is 4.31 Å². The van der Waals surface area contributed by atoms with Gasteiger partial charge in [-0.3, -0.25) is 4.79 Å². The maximum atomic E-state index is 13.4. The number of carbonyl (C=O) groups is 2. The molecule has 2 fully saturated rings. The first kappa shape index (κ1) is 19.6. The molecule has 3 atom stereocenters. The van der Waals surface area contributed by atoms with E-state index in [1.165, 1.54) is 23.5 Å². The summed E-state index contributed by atoms with van der Waals surface area (Å²) in [5.74, 6) is -0.723. The van der Waals surface area contributed by atoms with E-state index in [-0.39, 0.29) is 34.4 Å². The van der Waals surface area contributed by atoms with Gasteiger partial charge in [-0.15, -0.1) is 0 Å². The predicted octanol–water partition coefficient (Wildman–Crippen LogP) is 2.05. The van der Waals surface area contributed by atoms with Crippen LogP contribution in [0, 0.1) is 5.92 Å². The van der Waals surface area contributed by atoms with Gasteiger partial charge in [0.25, 0.3) is 5.91 Å². The van der Waals surface area contributed by atoms with Crippen LogP contribution in [0.4, 0.5) is 0 Å². The van der Waals surface area contributed by atoms with Gasteiger partial charge in [-0.05, 0) is 43.0 Å². The van der Waals surface area contributed by atoms with E-state index in [1.54, 1.807) is 36.4 Å². The first-order valence-electron chi connectivity index (χ1n) is 9.47. The number of nitrogens with zero attached hydrogens (tertiary/aromatic N) is 1. The van der Waals surface area contributed by atoms with Gasteiger partial charge >= 0.3 is 5.97 Å². The Morgan fingerprint density at radius 2 is 1.72 bits per heavy atom. The second kappa shape index (κ2) is 7.61. The molecule has 1 aliphatic carbocycles. The lowest BCUT2D eigenvalue weighted by molar-refractivity contribution is 0.0596. The normalized spacial score (nSPS) is 23.7. The minimum atomic E-state index is -3.91. The molecule has 7 nitrogen and oxygen atoms in total. The largest absolute Gasteiger partial charge is 0.465 e. The molecule has 29 heavy (non-hydrogen) atoms. The number of carbonyl (C=O) groups excluding carboxylic acids is 2. The second-order valence-corrected chi connectivity index (χ2v) is 9.27. The summed E-state index contributed by atoms with van der Waals surface area (Å²) in [6.07, 6.45) is 1.44. The summed E-state index contributed by atoms with van der Waals surface area (Å²) >= 11 is 0. The van der Waals surface area contributed by atoms with Crippen molar-refractivity contribution in [1.82, 2.24) is 9.62 Å². The van der Waals surface area contributed by atoms with Gasteiger partial charge in [-0.1, -0.05) is 30.3 Å². The van der Waals surface area contributed by atoms with E-state index in [1.807, 2.05) is 6.07 Å². The number of benzene rings is 2. The molecule has 1 aliphatic heterocycles. The number of piperidine rings is 1. The molecule has 2 bridgehead atoms. The molecule has 1 saturated carbocycles. The van der Waals surface area contributed by atoms with E-state index in [4.69, 9.17) is 4.74 Å². The first-order chi connectivity index (χ1) is 13.9. The van der Waals surface area contributed by atoms with Gasteiger partial charge in [0.05, 0.1) is 17.6 Å². The van der Waals surface area contributed by atoms with E-state index in [0.717, 1.165) is 6.42 Å². The number of hydrogen-bond acceptors (Lipinski definition) is 5. The zero-order valence-corrected chi connectivity index (χ0v) is 16.8. The van der Waals surface area contributed by atoms with Crippen molar-refractivity contribution in [3.05, 3.63) is 65.7 Å². The van der Waals surface area contributed by atoms with Crippen LogP contribution in [0.25, 0.3) is 0 Å². The van der Waals surface area contributed by atoms with Crippen molar-refractivity contribution in [3.8, 4) is 0 Å². The monoisotopic (exact) mass is 414 g/mol. The fourth-order valence-electron chi connectivity index (χ4n) is 4.34. The van der Waals surface area contributed by atoms with E-state index < -0.39 is 16.0 Å². The summed E-state index contributed by atoms with van der Waals surface area (Å²) in [5, 5.41) is 2.99. The van der Waals surface area contributed by atoms with Crippen LogP contribution in [-0.2, 0) is 14.8 Å². The van der Waals surface area contributed by atoms with Gasteiger partial charge in [0, 0.05) is 24.2 Å². The number of nitrogens with one attached hydrogen (secondary N) is 1. The van der Waals surface area contributed by atoms with Crippen molar-refractivity contribution in [2.45, 2.75) is 29.8 Å². The van der Waals surface area contributed by atoms with Crippen LogP contribution >= 0.6 is 0 Å². The summed E-state index contributed by atoms with van der Waals surface area (Å²) in [4.78, 5) is 24.5. The third-order valence-corrected chi connectivity index (χ3v) is 7.62. The molecule has 3 unspecified atom stereocenters. The quantitative estimate of drug-likeness (QED) is 0.756. The lowest BCUT2D eigenvalue weighted by Gasteiger charge is -2.33. The van der Waals surface area contributed by atoms with Crippen molar-refractivity contribution in [1.29, 1.82) is 0 Å². The number of rotatable bonds is 5. The van der Waals surface area contributed by atoms with Crippen molar-refractivity contribution in [2.24, 2.45) is 5.92 Å². The highest BCUT2D eigenvalue weighted by atomic mass is 32.2. The summed E-state index contributed by atoms with van der Waals surface area (Å²) in [5.41, 5.74) is 0.559. The fourth-order valence-corrected chi connectivity index (χ4v) is 6.27. The molecular weight excluding hydrogens is 392 g/mol. The Morgan fingerprint density at radius 1 is 1.03 bits per heavy atom. The molecule has 1 saturated heterocycles. The molecule has 2 aliphatic rings. The Balaban J connectivity index is 1.59. The maximum Gasteiger partial charge on any atom is 0.339 e. The minimum Gasteiger partial charge on any atom is -0.465 e. The van der Waals surface area contributed by atoms with Crippen LogP contribution in [0.5, 0.6) is 0 Å². The molecule has 4 rings (SSSR count). The molecule has 1 N–H and O–H groups in total. The van der Waals surface area contributed by atoms with Gasteiger partial charge in [-0.25, -0.2) is 13.2 Å². The van der Waals surface area contributed by atoms with Gasteiger partial charge < -0.3 is 10.1 Å². The molecule has 0 aromatic heterocycles. The lowest BCUT2D eigenvalue weighted by atomic mass is 10.1. The highest BCUT2D eigenvalue weighted by Crippen LogP contribution is 2.41. The van der Waals surface area contributed by atoms with Crippen molar-refractivity contribution >= 4 is 21.9 Å². The Morgan fingerprint density at radius 3 is 2.41 bits per heavy atom. The molecule has 0 radical (unpaired) electrons. The Labute approximate surface area is 169 Å². The van der Waals surface area contributed by atoms with Gasteiger partial charge in [0.15, 0.2) is 0 Å². The third kappa shape index (κ3) is 3.54. The van der Waals surface area contributed by atoms with E-state index in [2.05, 4.69) is 5.32 Å². The summed E-state index contributed by atoms with van der Waals surface area (Å²) < 4.78 is 32.9. The smallest absolute Gasteiger partial charge is 0.339 e. The van der Waals surface area contributed by atoms with Crippen LogP contribution in [0.3, 0.4) is 0 Å².